The molecule has 18 nitrogen and oxygen atoms in total. The highest BCUT2D eigenvalue weighted by Gasteiger charge is 2.38. The van der Waals surface area contributed by atoms with E-state index >= 15 is 0 Å². The second-order valence-corrected chi connectivity index (χ2v) is 21.4. The van der Waals surface area contributed by atoms with E-state index in [-0.39, 0.29) is 45.3 Å². The van der Waals surface area contributed by atoms with Crippen LogP contribution in [0.4, 0.5) is 33.2 Å². The van der Waals surface area contributed by atoms with Gasteiger partial charge in [0.2, 0.25) is 23.8 Å². The third-order valence-corrected chi connectivity index (χ3v) is 14.5. The fraction of sp³-hybridized carbons (Fsp3) is 0.344. The summed E-state index contributed by atoms with van der Waals surface area (Å²) in [6.07, 6.45) is 5.25. The molecular formula is C61H71Cl2N13O5. The largest absolute Gasteiger partial charge is 0.399 e. The number of carbonyl (C=O) groups is 4. The van der Waals surface area contributed by atoms with Gasteiger partial charge in [-0.3, -0.25) is 14.4 Å². The van der Waals surface area contributed by atoms with Crippen LogP contribution in [-0.2, 0) is 19.2 Å². The fourth-order valence-electron chi connectivity index (χ4n) is 8.82. The van der Waals surface area contributed by atoms with Crippen molar-refractivity contribution in [2.24, 2.45) is 36.5 Å². The Morgan fingerprint density at radius 3 is 1.40 bits per heavy atom. The number of halogens is 2. The van der Waals surface area contributed by atoms with Crippen LogP contribution in [0.25, 0.3) is 0 Å². The van der Waals surface area contributed by atoms with Crippen molar-refractivity contribution in [1.82, 2.24) is 16.3 Å². The Bertz CT molecular complexity index is 3390. The van der Waals surface area contributed by atoms with Crippen molar-refractivity contribution in [2.75, 3.05) is 27.4 Å². The van der Waals surface area contributed by atoms with Gasteiger partial charge in [-0.1, -0.05) is 77.9 Å². The summed E-state index contributed by atoms with van der Waals surface area (Å²) >= 11 is 9.53. The summed E-state index contributed by atoms with van der Waals surface area (Å²) < 4.78 is 0. The highest BCUT2D eigenvalue weighted by Crippen LogP contribution is 2.37. The number of nitriles is 2. The van der Waals surface area contributed by atoms with E-state index < -0.39 is 0 Å². The lowest BCUT2D eigenvalue weighted by Gasteiger charge is -2.32. The van der Waals surface area contributed by atoms with Gasteiger partial charge in [-0.2, -0.15) is 30.8 Å². The number of nitrogens with one attached hydrogen (secondary N) is 5. The minimum atomic E-state index is -0.375. The number of nitrogen functional groups attached to an aromatic ring is 2. The molecule has 0 fully saturated rings. The highest BCUT2D eigenvalue weighted by molar-refractivity contribution is 6.40. The van der Waals surface area contributed by atoms with E-state index in [0.717, 1.165) is 92.3 Å². The van der Waals surface area contributed by atoms with Gasteiger partial charge in [0.05, 0.1) is 51.4 Å². The zero-order valence-electron chi connectivity index (χ0n) is 47.7. The number of aryl methyl sites for hydroxylation is 5. The quantitative estimate of drug-likeness (QED) is 0.0319. The maximum Gasteiger partial charge on any atom is 0.323 e. The molecule has 0 saturated carbocycles. The van der Waals surface area contributed by atoms with E-state index in [9.17, 15) is 24.0 Å². The van der Waals surface area contributed by atoms with E-state index in [1.807, 2.05) is 123 Å². The first-order valence-electron chi connectivity index (χ1n) is 26.1. The summed E-state index contributed by atoms with van der Waals surface area (Å²) in [6, 6.07) is 31.4. The minimum absolute atomic E-state index is 0.0248. The maximum atomic E-state index is 12.6. The van der Waals surface area contributed by atoms with Crippen LogP contribution >= 0.6 is 23.2 Å². The topological polar surface area (TPSA) is 295 Å². The van der Waals surface area contributed by atoms with E-state index in [0.29, 0.717) is 47.5 Å². The minimum Gasteiger partial charge on any atom is -0.399 e. The van der Waals surface area contributed by atoms with Crippen molar-refractivity contribution >= 4 is 98.6 Å². The van der Waals surface area contributed by atoms with E-state index in [2.05, 4.69) is 67.1 Å². The average molecular weight is 1140 g/mol. The number of carbonyl (C=O) groups excluding carboxylic acids is 5. The van der Waals surface area contributed by atoms with Crippen molar-refractivity contribution in [3.05, 3.63) is 147 Å². The smallest absolute Gasteiger partial charge is 0.323 e. The Morgan fingerprint density at radius 2 is 0.975 bits per heavy atom. The molecule has 0 aromatic heterocycles. The number of isocyanates is 1. The Labute approximate surface area is 484 Å². The molecule has 3 heterocycles. The molecule has 0 saturated heterocycles. The Kier molecular flexibility index (Phi) is 23.6. The molecule has 5 aromatic rings. The lowest BCUT2D eigenvalue weighted by molar-refractivity contribution is -0.123. The summed E-state index contributed by atoms with van der Waals surface area (Å²) in [5, 5.41) is 36.1. The Balaban J connectivity index is 0.000000242. The van der Waals surface area contributed by atoms with Gasteiger partial charge in [0.1, 0.15) is 0 Å². The molecule has 0 spiro atoms. The molecule has 81 heavy (non-hydrogen) atoms. The molecular weight excluding hydrogens is 1070 g/mol. The molecule has 8 rings (SSSR count). The van der Waals surface area contributed by atoms with Gasteiger partial charge in [-0.05, 0) is 136 Å². The molecule has 0 radical (unpaired) electrons. The van der Waals surface area contributed by atoms with Crippen molar-refractivity contribution in [3.63, 3.8) is 0 Å². The Morgan fingerprint density at radius 1 is 0.568 bits per heavy atom. The third-order valence-electron chi connectivity index (χ3n) is 14.5. The number of aliphatic imine (C=N–C) groups is 1. The normalized spacial score (nSPS) is 18.6. The SMILES string of the molecule is CCC1(C)CC(=O)NN=C1c1ccc(C)c(N)c1.CCC1(C)CC(=O)NN=C1c1ccc(C)c(N=C=O)c1.CCC1(C)CC(=O)NN=C1c1ccc(C)c(NC(=O)Nc2ccc(C#N)cc2C)c1.Cc1cc(C#N)ccc1N.ClCCl. The molecule has 0 aliphatic carbocycles. The highest BCUT2D eigenvalue weighted by atomic mass is 35.5. The molecule has 424 valence electrons. The van der Waals surface area contributed by atoms with Gasteiger partial charge in [0, 0.05) is 74.9 Å². The standard InChI is InChI=1S/C23H25N5O2.C15H17N3O2.C14H19N3O.C8H8N2.CH2Cl2/c1-5-23(4)12-20(29)27-28-21(23)17-8-6-14(2)19(11-17)26-22(30)25-18-9-7-16(13-24)10-15(18)3;1-4-15(3)8-13(20)17-18-14(15)11-6-5-10(2)12(7-11)16-9-19;1-4-14(3)8-12(18)16-17-13(14)10-6-5-9(2)11(15)7-10;1-6-4-7(5-9)2-3-8(6)10;2-1-3/h6-11H,5,12H2,1-4H3,(H,27,29)(H2,25,26,30);5-7H,4,8H2,1-3H3,(H,17,20);5-7H,4,8,15H2,1-3H3,(H,16,18);2-4H,10H2,1H3;1H2. The number of nitrogens with zero attached hydrogens (tertiary/aromatic N) is 6. The van der Waals surface area contributed by atoms with Crippen molar-refractivity contribution in [1.29, 1.82) is 10.5 Å². The second-order valence-electron chi connectivity index (χ2n) is 20.6. The van der Waals surface area contributed by atoms with Crippen LogP contribution in [0.1, 0.15) is 136 Å². The zero-order valence-corrected chi connectivity index (χ0v) is 49.3. The predicted molar refractivity (Wildman–Crippen MR) is 324 cm³/mol. The first-order chi connectivity index (χ1) is 38.4. The van der Waals surface area contributed by atoms with Gasteiger partial charge < -0.3 is 22.1 Å². The van der Waals surface area contributed by atoms with Gasteiger partial charge >= 0.3 is 6.03 Å². The number of hydrogen-bond acceptors (Lipinski definition) is 13. The lowest BCUT2D eigenvalue weighted by atomic mass is 9.75. The first kappa shape index (κ1) is 64.9. The van der Waals surface area contributed by atoms with Crippen molar-refractivity contribution in [3.8, 4) is 12.1 Å². The summed E-state index contributed by atoms with van der Waals surface area (Å²) in [4.78, 5) is 61.6. The van der Waals surface area contributed by atoms with E-state index in [4.69, 9.17) is 45.2 Å². The van der Waals surface area contributed by atoms with Crippen molar-refractivity contribution < 1.29 is 24.0 Å². The number of benzene rings is 5. The third kappa shape index (κ3) is 17.4. The van der Waals surface area contributed by atoms with Crippen LogP contribution in [-0.4, -0.2) is 52.3 Å². The van der Waals surface area contributed by atoms with E-state index in [1.54, 1.807) is 42.5 Å². The van der Waals surface area contributed by atoms with Crippen LogP contribution in [0.3, 0.4) is 0 Å². The fourth-order valence-corrected chi connectivity index (χ4v) is 8.82. The Hall–Kier alpha value is -8.67. The monoisotopic (exact) mass is 1140 g/mol. The summed E-state index contributed by atoms with van der Waals surface area (Å²) in [5.74, 6) is -0.190. The van der Waals surface area contributed by atoms with Crippen LogP contribution in [0.2, 0.25) is 0 Å². The molecule has 0 bridgehead atoms. The van der Waals surface area contributed by atoms with Crippen LogP contribution in [0.5, 0.6) is 0 Å². The molecule has 5 amide bonds. The van der Waals surface area contributed by atoms with Crippen LogP contribution in [0.15, 0.2) is 111 Å². The average Bonchev–Trinajstić information content (AvgIpc) is 3.54. The summed E-state index contributed by atoms with van der Waals surface area (Å²) in [6.45, 7) is 21.8. The number of hydrazone groups is 3. The summed E-state index contributed by atoms with van der Waals surface area (Å²) in [5.41, 5.74) is 32.7. The molecule has 3 atom stereocenters. The maximum absolute atomic E-state index is 12.6. The van der Waals surface area contributed by atoms with Gasteiger partial charge in [-0.15, -0.1) is 23.2 Å². The second kappa shape index (κ2) is 29.5. The van der Waals surface area contributed by atoms with Crippen LogP contribution < -0.4 is 38.4 Å². The molecule has 5 aromatic carbocycles. The van der Waals surface area contributed by atoms with Gasteiger partial charge in [0.25, 0.3) is 0 Å². The summed E-state index contributed by atoms with van der Waals surface area (Å²) in [7, 11) is 0. The number of alkyl halides is 2. The van der Waals surface area contributed by atoms with Crippen LogP contribution in [0, 0.1) is 73.5 Å². The molecule has 20 heteroatoms. The van der Waals surface area contributed by atoms with Gasteiger partial charge in [-0.25, -0.2) is 25.9 Å². The number of hydrogen-bond donors (Lipinski definition) is 7. The molecule has 3 aliphatic rings. The lowest BCUT2D eigenvalue weighted by Crippen LogP contribution is -2.40. The number of rotatable bonds is 9. The number of nitrogens with two attached hydrogens (primary N) is 2. The van der Waals surface area contributed by atoms with Crippen molar-refractivity contribution in [2.45, 2.75) is 115 Å². The molecule has 3 unspecified atom stereocenters. The number of amides is 5. The van der Waals surface area contributed by atoms with E-state index in [1.165, 1.54) is 0 Å². The number of urea groups is 1. The van der Waals surface area contributed by atoms with Gasteiger partial charge in [0.15, 0.2) is 0 Å². The molecule has 3 aliphatic heterocycles. The first-order valence-corrected chi connectivity index (χ1v) is 27.2. The zero-order chi connectivity index (χ0) is 60.2. The molecule has 9 N–H and O–H groups in total. The number of anilines is 4. The predicted octanol–water partition coefficient (Wildman–Crippen LogP) is 12.1.